The first-order valence-electron chi connectivity index (χ1n) is 9.28. The van der Waals surface area contributed by atoms with Crippen LogP contribution in [0, 0.1) is 0 Å². The van der Waals surface area contributed by atoms with E-state index in [9.17, 15) is 9.59 Å². The number of aromatic nitrogens is 3. The van der Waals surface area contributed by atoms with Crippen molar-refractivity contribution in [3.63, 3.8) is 0 Å². The van der Waals surface area contributed by atoms with Crippen molar-refractivity contribution in [1.82, 2.24) is 14.4 Å². The number of anilines is 1. The van der Waals surface area contributed by atoms with Crippen LogP contribution in [0.3, 0.4) is 0 Å². The minimum atomic E-state index is -0.733. The molecule has 0 spiro atoms. The molecule has 4 rings (SSSR count). The molecule has 31 heavy (non-hydrogen) atoms. The van der Waals surface area contributed by atoms with Crippen molar-refractivity contribution in [3.05, 3.63) is 72.3 Å². The first kappa shape index (κ1) is 19.9. The number of fused-ring (bicyclic) bond motifs is 1. The SMILES string of the molecule is COc1ccc(NC(=O)c2cc(-c3ccccc3)nc3c(C(N)=O)ncn23)c(OC)c1. The third-order valence-electron chi connectivity index (χ3n) is 4.69. The van der Waals surface area contributed by atoms with Gasteiger partial charge in [0.15, 0.2) is 11.3 Å². The van der Waals surface area contributed by atoms with E-state index in [1.807, 2.05) is 30.3 Å². The molecule has 2 amide bonds. The third-order valence-corrected chi connectivity index (χ3v) is 4.69. The van der Waals surface area contributed by atoms with E-state index >= 15 is 0 Å². The molecule has 2 aromatic heterocycles. The molecule has 3 N–H and O–H groups in total. The van der Waals surface area contributed by atoms with E-state index in [2.05, 4.69) is 15.3 Å². The van der Waals surface area contributed by atoms with Crippen LogP contribution in [-0.2, 0) is 0 Å². The summed E-state index contributed by atoms with van der Waals surface area (Å²) in [7, 11) is 3.04. The Morgan fingerprint density at radius 1 is 1.03 bits per heavy atom. The molecule has 0 saturated carbocycles. The number of benzene rings is 2. The van der Waals surface area contributed by atoms with Gasteiger partial charge in [-0.2, -0.15) is 0 Å². The van der Waals surface area contributed by atoms with Crippen molar-refractivity contribution < 1.29 is 19.1 Å². The minimum Gasteiger partial charge on any atom is -0.497 e. The van der Waals surface area contributed by atoms with Crippen LogP contribution in [0.1, 0.15) is 21.0 Å². The molecule has 9 heteroatoms. The van der Waals surface area contributed by atoms with Gasteiger partial charge in [-0.05, 0) is 18.2 Å². The Labute approximate surface area is 177 Å². The van der Waals surface area contributed by atoms with Gasteiger partial charge in [0.25, 0.3) is 11.8 Å². The molecular formula is C22H19N5O4. The number of nitrogens with zero attached hydrogens (tertiary/aromatic N) is 3. The summed E-state index contributed by atoms with van der Waals surface area (Å²) in [6, 6.07) is 16.0. The van der Waals surface area contributed by atoms with Crippen LogP contribution in [0.5, 0.6) is 11.5 Å². The second kappa shape index (κ2) is 8.15. The van der Waals surface area contributed by atoms with E-state index < -0.39 is 11.8 Å². The lowest BCUT2D eigenvalue weighted by Gasteiger charge is -2.13. The smallest absolute Gasteiger partial charge is 0.272 e. The molecule has 0 radical (unpaired) electrons. The van der Waals surface area contributed by atoms with E-state index in [4.69, 9.17) is 15.2 Å². The van der Waals surface area contributed by atoms with Crippen molar-refractivity contribution in [3.8, 4) is 22.8 Å². The van der Waals surface area contributed by atoms with Crippen molar-refractivity contribution >= 4 is 23.1 Å². The van der Waals surface area contributed by atoms with Gasteiger partial charge < -0.3 is 20.5 Å². The van der Waals surface area contributed by atoms with Gasteiger partial charge in [0, 0.05) is 11.6 Å². The highest BCUT2D eigenvalue weighted by atomic mass is 16.5. The number of methoxy groups -OCH3 is 2. The van der Waals surface area contributed by atoms with Crippen molar-refractivity contribution in [2.45, 2.75) is 0 Å². The number of primary amides is 1. The topological polar surface area (TPSA) is 121 Å². The lowest BCUT2D eigenvalue weighted by Crippen LogP contribution is -2.18. The van der Waals surface area contributed by atoms with Crippen LogP contribution in [0.15, 0.2) is 60.9 Å². The summed E-state index contributed by atoms with van der Waals surface area (Å²) in [6.07, 6.45) is 1.34. The number of carbonyl (C=O) groups excluding carboxylic acids is 2. The van der Waals surface area contributed by atoms with Crippen LogP contribution < -0.4 is 20.5 Å². The Morgan fingerprint density at radius 2 is 1.81 bits per heavy atom. The summed E-state index contributed by atoms with van der Waals surface area (Å²) in [5, 5.41) is 2.83. The van der Waals surface area contributed by atoms with Crippen LogP contribution in [0.25, 0.3) is 16.9 Å². The Bertz CT molecular complexity index is 1280. The Kier molecular flexibility index (Phi) is 5.23. The first-order valence-corrected chi connectivity index (χ1v) is 9.28. The van der Waals surface area contributed by atoms with Gasteiger partial charge in [-0.1, -0.05) is 30.3 Å². The zero-order chi connectivity index (χ0) is 22.0. The molecular weight excluding hydrogens is 398 g/mol. The zero-order valence-corrected chi connectivity index (χ0v) is 16.8. The second-order valence-corrected chi connectivity index (χ2v) is 6.56. The normalized spacial score (nSPS) is 10.6. The highest BCUT2D eigenvalue weighted by Gasteiger charge is 2.20. The lowest BCUT2D eigenvalue weighted by atomic mass is 10.1. The Morgan fingerprint density at radius 3 is 2.48 bits per heavy atom. The third kappa shape index (κ3) is 3.76. The summed E-state index contributed by atoms with van der Waals surface area (Å²) in [5.41, 5.74) is 7.58. The largest absolute Gasteiger partial charge is 0.497 e. The number of rotatable bonds is 6. The average Bonchev–Trinajstić information content (AvgIpc) is 3.23. The maximum absolute atomic E-state index is 13.2. The monoisotopic (exact) mass is 417 g/mol. The quantitative estimate of drug-likeness (QED) is 0.498. The number of nitrogens with one attached hydrogen (secondary N) is 1. The Hall–Kier alpha value is -4.40. The maximum Gasteiger partial charge on any atom is 0.272 e. The predicted octanol–water partition coefficient (Wildman–Crippen LogP) is 2.76. The zero-order valence-electron chi connectivity index (χ0n) is 16.8. The molecule has 9 nitrogen and oxygen atoms in total. The number of ether oxygens (including phenoxy) is 2. The van der Waals surface area contributed by atoms with E-state index in [1.54, 1.807) is 31.4 Å². The van der Waals surface area contributed by atoms with Gasteiger partial charge in [-0.25, -0.2) is 9.97 Å². The molecule has 0 unspecified atom stereocenters. The summed E-state index contributed by atoms with van der Waals surface area (Å²) < 4.78 is 12.0. The average molecular weight is 417 g/mol. The summed E-state index contributed by atoms with van der Waals surface area (Å²) >= 11 is 0. The summed E-state index contributed by atoms with van der Waals surface area (Å²) in [4.78, 5) is 33.6. The molecule has 4 aromatic rings. The van der Waals surface area contributed by atoms with Gasteiger partial charge in [0.2, 0.25) is 0 Å². The fourth-order valence-corrected chi connectivity index (χ4v) is 3.16. The van der Waals surface area contributed by atoms with Crippen LogP contribution in [0.4, 0.5) is 5.69 Å². The second-order valence-electron chi connectivity index (χ2n) is 6.56. The fourth-order valence-electron chi connectivity index (χ4n) is 3.16. The van der Waals surface area contributed by atoms with E-state index in [-0.39, 0.29) is 17.0 Å². The highest BCUT2D eigenvalue weighted by molar-refractivity contribution is 6.06. The van der Waals surface area contributed by atoms with Crippen molar-refractivity contribution in [1.29, 1.82) is 0 Å². The standard InChI is InChI=1S/C22H19N5O4/c1-30-14-8-9-15(18(10-14)31-2)26-22(29)17-11-16(13-6-4-3-5-7-13)25-21-19(20(23)28)24-12-27(17)21/h3-12H,1-2H3,(H2,23,28)(H,26,29). The van der Waals surface area contributed by atoms with Gasteiger partial charge in [0.05, 0.1) is 25.6 Å². The molecule has 0 saturated heterocycles. The number of carbonyl (C=O) groups is 2. The molecule has 0 aliphatic carbocycles. The van der Waals surface area contributed by atoms with Gasteiger partial charge >= 0.3 is 0 Å². The molecule has 0 aliphatic rings. The number of amides is 2. The molecule has 2 heterocycles. The van der Waals surface area contributed by atoms with Crippen molar-refractivity contribution in [2.24, 2.45) is 5.73 Å². The molecule has 0 aliphatic heterocycles. The fraction of sp³-hybridized carbons (Fsp3) is 0.0909. The predicted molar refractivity (Wildman–Crippen MR) is 114 cm³/mol. The van der Waals surface area contributed by atoms with Crippen LogP contribution in [-0.4, -0.2) is 40.4 Å². The summed E-state index contributed by atoms with van der Waals surface area (Å²) in [5.74, 6) is -0.150. The lowest BCUT2D eigenvalue weighted by molar-refractivity contribution is 0.0993. The number of nitrogens with two attached hydrogens (primary N) is 1. The number of hydrogen-bond acceptors (Lipinski definition) is 6. The van der Waals surface area contributed by atoms with Crippen LogP contribution in [0.2, 0.25) is 0 Å². The first-order chi connectivity index (χ1) is 15.0. The van der Waals surface area contributed by atoms with Crippen molar-refractivity contribution in [2.75, 3.05) is 19.5 Å². The van der Waals surface area contributed by atoms with E-state index in [0.29, 0.717) is 22.9 Å². The highest BCUT2D eigenvalue weighted by Crippen LogP contribution is 2.30. The molecule has 0 bridgehead atoms. The Balaban J connectivity index is 1.83. The van der Waals surface area contributed by atoms with Crippen LogP contribution >= 0.6 is 0 Å². The summed E-state index contributed by atoms with van der Waals surface area (Å²) in [6.45, 7) is 0. The molecule has 0 fully saturated rings. The minimum absolute atomic E-state index is 0.0196. The van der Waals surface area contributed by atoms with Gasteiger partial charge in [-0.3, -0.25) is 14.0 Å². The number of hydrogen-bond donors (Lipinski definition) is 2. The maximum atomic E-state index is 13.2. The number of imidazole rings is 1. The molecule has 0 atom stereocenters. The van der Waals surface area contributed by atoms with Gasteiger partial charge in [-0.15, -0.1) is 0 Å². The van der Waals surface area contributed by atoms with E-state index in [1.165, 1.54) is 17.8 Å². The van der Waals surface area contributed by atoms with Gasteiger partial charge in [0.1, 0.15) is 23.5 Å². The molecule has 156 valence electrons. The van der Waals surface area contributed by atoms with E-state index in [0.717, 1.165) is 5.56 Å². The molecule has 2 aromatic carbocycles.